The molecule has 4 rings (SSSR count). The lowest BCUT2D eigenvalue weighted by Crippen LogP contribution is -2.28. The molecule has 0 amide bonds. The maximum Gasteiger partial charge on any atom is 0.245 e. The fourth-order valence-corrected chi connectivity index (χ4v) is 3.97. The molecule has 1 unspecified atom stereocenters. The lowest BCUT2D eigenvalue weighted by molar-refractivity contribution is 0.581. The van der Waals surface area contributed by atoms with Crippen molar-refractivity contribution in [1.82, 2.24) is 19.9 Å². The third-order valence-electron chi connectivity index (χ3n) is 5.81. The van der Waals surface area contributed by atoms with Gasteiger partial charge in [0.2, 0.25) is 5.95 Å². The van der Waals surface area contributed by atoms with Crippen molar-refractivity contribution in [2.45, 2.75) is 41.0 Å². The minimum absolute atomic E-state index is 0.374. The first kappa shape index (κ1) is 23.2. The Morgan fingerprint density at radius 1 is 1.19 bits per heavy atom. The van der Waals surface area contributed by atoms with E-state index in [-0.39, 0.29) is 0 Å². The number of aryl methyl sites for hydroxylation is 2. The minimum Gasteiger partial charge on any atom is -0.391 e. The molecule has 0 bridgehead atoms. The molecule has 1 atom stereocenters. The van der Waals surface area contributed by atoms with Gasteiger partial charge in [-0.25, -0.2) is 9.50 Å². The molecule has 168 valence electrons. The number of nitrogens with zero attached hydrogens (tertiary/aromatic N) is 5. The number of benzene rings is 1. The molecule has 2 N–H and O–H groups in total. The van der Waals surface area contributed by atoms with Crippen LogP contribution in [0.4, 0.5) is 11.6 Å². The van der Waals surface area contributed by atoms with Crippen LogP contribution in [0.1, 0.15) is 38.4 Å². The summed E-state index contributed by atoms with van der Waals surface area (Å²) in [7, 11) is 3.59. The summed E-state index contributed by atoms with van der Waals surface area (Å²) in [5.74, 6) is 0.985. The van der Waals surface area contributed by atoms with Crippen LogP contribution >= 0.6 is 0 Å². The van der Waals surface area contributed by atoms with Crippen LogP contribution in [0.25, 0.3) is 16.6 Å². The molecule has 0 aliphatic heterocycles. The van der Waals surface area contributed by atoms with E-state index in [1.54, 1.807) is 7.05 Å². The zero-order valence-corrected chi connectivity index (χ0v) is 20.1. The van der Waals surface area contributed by atoms with E-state index >= 15 is 0 Å². The van der Waals surface area contributed by atoms with Gasteiger partial charge >= 0.3 is 0 Å². The summed E-state index contributed by atoms with van der Waals surface area (Å²) in [4.78, 5) is 4.73. The third kappa shape index (κ3) is 4.28. The standard InChI is InChI=1S/C23H27N7.C2H6/c1-13-11-17(7-8-20(13)28-25-6)18-9-10-30-22(18)16(4)26-23(29-30)27-21-12-19(14(21)2)15(3)24-5;1-2/h7-11,19,24H,3,12H2,1-2,4-6H3,(H,27,29);1-2H3. The number of allylic oxidation sites excluding steroid dienone is 2. The summed E-state index contributed by atoms with van der Waals surface area (Å²) in [5.41, 5.74) is 9.61. The number of azo groups is 1. The van der Waals surface area contributed by atoms with Gasteiger partial charge in [0.25, 0.3) is 0 Å². The molecule has 32 heavy (non-hydrogen) atoms. The molecular weight excluding hydrogens is 398 g/mol. The summed E-state index contributed by atoms with van der Waals surface area (Å²) in [5, 5.41) is 19.3. The van der Waals surface area contributed by atoms with Gasteiger partial charge in [-0.2, -0.15) is 10.2 Å². The average molecular weight is 432 g/mol. The zero-order valence-electron chi connectivity index (χ0n) is 20.1. The maximum absolute atomic E-state index is 4.73. The first-order valence-corrected chi connectivity index (χ1v) is 11.0. The van der Waals surface area contributed by atoms with Crippen molar-refractivity contribution in [1.29, 1.82) is 0 Å². The molecule has 3 aromatic rings. The highest BCUT2D eigenvalue weighted by Crippen LogP contribution is 2.38. The van der Waals surface area contributed by atoms with E-state index in [9.17, 15) is 0 Å². The molecule has 1 aromatic carbocycles. The second kappa shape index (κ2) is 9.77. The van der Waals surface area contributed by atoms with Crippen LogP contribution in [0, 0.1) is 19.8 Å². The molecular formula is C25H33N7. The smallest absolute Gasteiger partial charge is 0.245 e. The molecule has 2 aromatic heterocycles. The molecule has 0 spiro atoms. The molecule has 7 heteroatoms. The van der Waals surface area contributed by atoms with Crippen molar-refractivity contribution in [3.63, 3.8) is 0 Å². The summed E-state index contributed by atoms with van der Waals surface area (Å²) < 4.78 is 1.90. The Morgan fingerprint density at radius 3 is 2.56 bits per heavy atom. The van der Waals surface area contributed by atoms with Gasteiger partial charge in [-0.3, -0.25) is 0 Å². The largest absolute Gasteiger partial charge is 0.391 e. The number of rotatable bonds is 6. The van der Waals surface area contributed by atoms with Crippen LogP contribution in [0.5, 0.6) is 0 Å². The zero-order chi connectivity index (χ0) is 23.4. The quantitative estimate of drug-likeness (QED) is 0.456. The molecule has 1 aliphatic carbocycles. The SMILES string of the molecule is C=C(NC)C1CC(Nc2nc(C)c3c(-c4ccc(N=NC)c(C)c4)ccn3n2)=C1C.CC. The monoisotopic (exact) mass is 431 g/mol. The van der Waals surface area contributed by atoms with E-state index in [2.05, 4.69) is 57.7 Å². The Labute approximate surface area is 190 Å². The molecule has 0 radical (unpaired) electrons. The Bertz CT molecular complexity index is 1200. The summed E-state index contributed by atoms with van der Waals surface area (Å²) in [6.45, 7) is 14.3. The van der Waals surface area contributed by atoms with Gasteiger partial charge in [0.05, 0.1) is 16.9 Å². The van der Waals surface area contributed by atoms with Crippen molar-refractivity contribution in [3.05, 3.63) is 65.3 Å². The number of hydrogen-bond acceptors (Lipinski definition) is 6. The van der Waals surface area contributed by atoms with Crippen LogP contribution in [0.3, 0.4) is 0 Å². The van der Waals surface area contributed by atoms with Crippen molar-refractivity contribution < 1.29 is 0 Å². The Balaban J connectivity index is 0.00000141. The topological polar surface area (TPSA) is 79.0 Å². The van der Waals surface area contributed by atoms with Crippen LogP contribution < -0.4 is 10.6 Å². The molecule has 2 heterocycles. The van der Waals surface area contributed by atoms with Gasteiger partial charge in [0.15, 0.2) is 0 Å². The van der Waals surface area contributed by atoms with Crippen molar-refractivity contribution in [3.8, 4) is 11.1 Å². The average Bonchev–Trinajstić information content (AvgIpc) is 3.23. The first-order valence-electron chi connectivity index (χ1n) is 11.0. The van der Waals surface area contributed by atoms with E-state index in [1.165, 1.54) is 11.3 Å². The van der Waals surface area contributed by atoms with E-state index in [0.717, 1.165) is 45.7 Å². The fourth-order valence-electron chi connectivity index (χ4n) is 3.97. The highest BCUT2D eigenvalue weighted by molar-refractivity contribution is 5.83. The molecule has 0 fully saturated rings. The van der Waals surface area contributed by atoms with Crippen LogP contribution in [0.2, 0.25) is 0 Å². The van der Waals surface area contributed by atoms with Gasteiger partial charge in [0, 0.05) is 43.2 Å². The molecule has 7 nitrogen and oxygen atoms in total. The molecule has 0 saturated heterocycles. The lowest BCUT2D eigenvalue weighted by Gasteiger charge is -2.33. The second-order valence-corrected chi connectivity index (χ2v) is 7.66. The Hall–Kier alpha value is -3.48. The number of aromatic nitrogens is 3. The Morgan fingerprint density at radius 2 is 1.94 bits per heavy atom. The van der Waals surface area contributed by atoms with Gasteiger partial charge in [-0.05, 0) is 62.1 Å². The summed E-state index contributed by atoms with van der Waals surface area (Å²) >= 11 is 0. The Kier molecular flexibility index (Phi) is 7.08. The summed E-state index contributed by atoms with van der Waals surface area (Å²) in [6.07, 6.45) is 2.90. The number of hydrogen-bond donors (Lipinski definition) is 2. The first-order chi connectivity index (χ1) is 15.4. The van der Waals surface area contributed by atoms with Gasteiger partial charge < -0.3 is 10.6 Å². The predicted octanol–water partition coefficient (Wildman–Crippen LogP) is 6.19. The highest BCUT2D eigenvalue weighted by Gasteiger charge is 2.28. The van der Waals surface area contributed by atoms with E-state index < -0.39 is 0 Å². The molecule has 1 aliphatic rings. The maximum atomic E-state index is 4.73. The fraction of sp³-hybridized carbons (Fsp3) is 0.360. The van der Waals surface area contributed by atoms with E-state index in [1.807, 2.05) is 51.5 Å². The van der Waals surface area contributed by atoms with Crippen LogP contribution in [-0.4, -0.2) is 28.7 Å². The normalized spacial score (nSPS) is 15.4. The second-order valence-electron chi connectivity index (χ2n) is 7.66. The van der Waals surface area contributed by atoms with Crippen molar-refractivity contribution in [2.75, 3.05) is 19.4 Å². The number of nitrogens with one attached hydrogen (secondary N) is 2. The number of fused-ring (bicyclic) bond motifs is 1. The van der Waals surface area contributed by atoms with Crippen LogP contribution in [0.15, 0.2) is 64.2 Å². The lowest BCUT2D eigenvalue weighted by atomic mass is 9.80. The van der Waals surface area contributed by atoms with E-state index in [0.29, 0.717) is 11.9 Å². The highest BCUT2D eigenvalue weighted by atomic mass is 15.3. The van der Waals surface area contributed by atoms with E-state index in [4.69, 9.17) is 4.98 Å². The van der Waals surface area contributed by atoms with Gasteiger partial charge in [0.1, 0.15) is 0 Å². The third-order valence-corrected chi connectivity index (χ3v) is 5.81. The van der Waals surface area contributed by atoms with Crippen molar-refractivity contribution >= 4 is 17.2 Å². The number of anilines is 1. The minimum atomic E-state index is 0.374. The summed E-state index contributed by atoms with van der Waals surface area (Å²) in [6, 6.07) is 8.27. The van der Waals surface area contributed by atoms with Gasteiger partial charge in [-0.1, -0.05) is 26.5 Å². The van der Waals surface area contributed by atoms with Crippen LogP contribution in [-0.2, 0) is 0 Å². The van der Waals surface area contributed by atoms with Gasteiger partial charge in [-0.15, -0.1) is 5.10 Å². The predicted molar refractivity (Wildman–Crippen MR) is 132 cm³/mol. The molecule has 0 saturated carbocycles. The van der Waals surface area contributed by atoms with Crippen molar-refractivity contribution in [2.24, 2.45) is 16.1 Å².